The van der Waals surface area contributed by atoms with Crippen LogP contribution in [-0.4, -0.2) is 28.9 Å². The smallest absolute Gasteiger partial charge is 0.303 e. The number of aliphatic carboxylic acids is 1. The molecule has 5 atom stereocenters. The van der Waals surface area contributed by atoms with Gasteiger partial charge in [-0.2, -0.15) is 0 Å². The molecule has 0 aromatic heterocycles. The second-order valence-corrected chi connectivity index (χ2v) is 9.63. The van der Waals surface area contributed by atoms with Gasteiger partial charge in [0.25, 0.3) is 0 Å². The van der Waals surface area contributed by atoms with Gasteiger partial charge in [-0.3, -0.25) is 4.79 Å². The van der Waals surface area contributed by atoms with Crippen molar-refractivity contribution >= 4 is 5.97 Å². The van der Waals surface area contributed by atoms with Gasteiger partial charge in [0.1, 0.15) is 24.3 Å². The minimum Gasteiger partial charge on any atom is -0.491 e. The van der Waals surface area contributed by atoms with Crippen LogP contribution in [0.2, 0.25) is 0 Å². The van der Waals surface area contributed by atoms with Crippen LogP contribution in [0.4, 0.5) is 4.39 Å². The van der Waals surface area contributed by atoms with Crippen LogP contribution in [0.3, 0.4) is 0 Å². The summed E-state index contributed by atoms with van der Waals surface area (Å²) in [6.07, 6.45) is 12.7. The normalized spacial score (nSPS) is 27.9. The summed E-state index contributed by atoms with van der Waals surface area (Å²) in [6, 6.07) is 5.80. The molecule has 1 aromatic rings. The van der Waals surface area contributed by atoms with Crippen LogP contribution in [0.15, 0.2) is 48.6 Å². The fourth-order valence-corrected chi connectivity index (χ4v) is 5.33. The maximum absolute atomic E-state index is 13.0. The zero-order valence-electron chi connectivity index (χ0n) is 18.5. The molecule has 0 saturated heterocycles. The van der Waals surface area contributed by atoms with Crippen LogP contribution in [0.5, 0.6) is 5.75 Å². The van der Waals surface area contributed by atoms with E-state index in [2.05, 4.69) is 32.1 Å². The molecule has 0 radical (unpaired) electrons. The first-order valence-electron chi connectivity index (χ1n) is 11.4. The Kier molecular flexibility index (Phi) is 7.93. The van der Waals surface area contributed by atoms with E-state index in [1.54, 1.807) is 12.1 Å². The molecule has 3 aliphatic rings. The molecule has 170 valence electrons. The Hall–Kier alpha value is -2.14. The van der Waals surface area contributed by atoms with E-state index in [1.165, 1.54) is 18.6 Å². The summed E-state index contributed by atoms with van der Waals surface area (Å²) in [5.74, 6) is 1.87. The molecule has 1 aromatic carbocycles. The Morgan fingerprint density at radius 3 is 2.68 bits per heavy atom. The highest BCUT2D eigenvalue weighted by molar-refractivity contribution is 5.66. The van der Waals surface area contributed by atoms with Gasteiger partial charge in [-0.1, -0.05) is 38.2 Å². The predicted octanol–water partition coefficient (Wildman–Crippen LogP) is 5.62. The summed E-state index contributed by atoms with van der Waals surface area (Å²) in [7, 11) is 0. The first-order valence-corrected chi connectivity index (χ1v) is 11.4. The van der Waals surface area contributed by atoms with Crippen LogP contribution in [0, 0.1) is 34.9 Å². The number of hydrogen-bond donors (Lipinski definition) is 2. The minimum atomic E-state index is -0.741. The van der Waals surface area contributed by atoms with Crippen LogP contribution >= 0.6 is 0 Å². The zero-order chi connectivity index (χ0) is 22.4. The van der Waals surface area contributed by atoms with Crippen molar-refractivity contribution in [2.45, 2.75) is 58.5 Å². The van der Waals surface area contributed by atoms with Gasteiger partial charge in [0.15, 0.2) is 0 Å². The fourth-order valence-electron chi connectivity index (χ4n) is 5.33. The van der Waals surface area contributed by atoms with Gasteiger partial charge in [-0.25, -0.2) is 4.39 Å². The lowest BCUT2D eigenvalue weighted by Crippen LogP contribution is -2.55. The van der Waals surface area contributed by atoms with Gasteiger partial charge in [-0.05, 0) is 85.5 Å². The Morgan fingerprint density at radius 1 is 1.26 bits per heavy atom. The summed E-state index contributed by atoms with van der Waals surface area (Å²) in [6.45, 7) is 4.89. The number of carboxylic acids is 1. The van der Waals surface area contributed by atoms with E-state index >= 15 is 0 Å². The van der Waals surface area contributed by atoms with Gasteiger partial charge in [0.05, 0.1) is 0 Å². The molecule has 1 unspecified atom stereocenters. The summed E-state index contributed by atoms with van der Waals surface area (Å²) >= 11 is 0. The molecule has 2 bridgehead atoms. The zero-order valence-corrected chi connectivity index (χ0v) is 18.5. The first-order chi connectivity index (χ1) is 14.8. The molecule has 0 spiro atoms. The highest BCUT2D eigenvalue weighted by atomic mass is 19.1. The van der Waals surface area contributed by atoms with Gasteiger partial charge >= 0.3 is 5.97 Å². The van der Waals surface area contributed by atoms with Crippen molar-refractivity contribution in [3.8, 4) is 5.75 Å². The largest absolute Gasteiger partial charge is 0.491 e. The average Bonchev–Trinajstić information content (AvgIpc) is 2.74. The number of aliphatic hydroxyl groups excluding tert-OH is 1. The first kappa shape index (κ1) is 23.5. The number of carboxylic acid groups (broad SMARTS) is 1. The van der Waals surface area contributed by atoms with E-state index in [4.69, 9.17) is 9.84 Å². The lowest BCUT2D eigenvalue weighted by molar-refractivity contribution is -0.137. The Balaban J connectivity index is 1.52. The van der Waals surface area contributed by atoms with Crippen LogP contribution < -0.4 is 4.74 Å². The van der Waals surface area contributed by atoms with Crippen LogP contribution in [0.1, 0.15) is 52.4 Å². The Morgan fingerprint density at radius 2 is 2.00 bits per heavy atom. The highest BCUT2D eigenvalue weighted by Gasteiger charge is 2.56. The van der Waals surface area contributed by atoms with Gasteiger partial charge in [-0.15, -0.1) is 0 Å². The molecule has 31 heavy (non-hydrogen) atoms. The summed E-state index contributed by atoms with van der Waals surface area (Å²) in [4.78, 5) is 10.6. The van der Waals surface area contributed by atoms with Gasteiger partial charge in [0, 0.05) is 6.42 Å². The standard InChI is InChI=1S/C26H35FO4/c1-26(2)19-15-18(9-12-21(28)17-31-22-13-10-20(27)11-14-22)23(24(26)16-19)7-5-3-4-6-8-25(29)30/h3,5,9-14,18-19,21,23-24,28H,4,6-8,15-17H2,1-2H3,(H,29,30)/t18?,19-,21+,23+,24-/m0/s1. The van der Waals surface area contributed by atoms with E-state index < -0.39 is 12.1 Å². The molecular formula is C26H35FO4. The van der Waals surface area contributed by atoms with Crippen LogP contribution in [0.25, 0.3) is 0 Å². The van der Waals surface area contributed by atoms with Gasteiger partial charge in [0.2, 0.25) is 0 Å². The summed E-state index contributed by atoms with van der Waals surface area (Å²) < 4.78 is 18.5. The number of rotatable bonds is 11. The molecule has 0 aliphatic heterocycles. The van der Waals surface area contributed by atoms with Crippen molar-refractivity contribution in [3.05, 3.63) is 54.4 Å². The predicted molar refractivity (Wildman–Crippen MR) is 119 cm³/mol. The average molecular weight is 431 g/mol. The third kappa shape index (κ3) is 6.19. The van der Waals surface area contributed by atoms with Crippen molar-refractivity contribution in [2.24, 2.45) is 29.1 Å². The molecule has 3 fully saturated rings. The SMILES string of the molecule is CC1(C)[C@H]2CC(C=C[C@@H](O)COc3ccc(F)cc3)[C@@H](CC=CCCCC(=O)O)[C@@H]1C2. The van der Waals surface area contributed by atoms with Crippen molar-refractivity contribution in [1.82, 2.24) is 0 Å². The number of aliphatic hydroxyl groups is 1. The molecule has 3 saturated carbocycles. The van der Waals surface area contributed by atoms with E-state index in [0.29, 0.717) is 35.3 Å². The number of benzene rings is 1. The minimum absolute atomic E-state index is 0.140. The number of carbonyl (C=O) groups is 1. The van der Waals surface area contributed by atoms with E-state index in [-0.39, 0.29) is 18.8 Å². The number of hydrogen-bond acceptors (Lipinski definition) is 3. The molecule has 0 heterocycles. The molecule has 3 aliphatic carbocycles. The monoisotopic (exact) mass is 430 g/mol. The molecule has 4 rings (SSSR count). The third-order valence-electron chi connectivity index (χ3n) is 7.32. The third-order valence-corrected chi connectivity index (χ3v) is 7.32. The molecule has 5 heteroatoms. The Bertz CT molecular complexity index is 783. The molecular weight excluding hydrogens is 395 g/mol. The molecule has 0 amide bonds. The second-order valence-electron chi connectivity index (χ2n) is 9.63. The lowest BCUT2D eigenvalue weighted by Gasteiger charge is -2.62. The molecule has 2 N–H and O–H groups in total. The van der Waals surface area contributed by atoms with E-state index in [1.807, 2.05) is 6.08 Å². The summed E-state index contributed by atoms with van der Waals surface area (Å²) in [5, 5.41) is 19.1. The van der Waals surface area contributed by atoms with Crippen molar-refractivity contribution in [1.29, 1.82) is 0 Å². The quantitative estimate of drug-likeness (QED) is 0.353. The summed E-state index contributed by atoms with van der Waals surface area (Å²) in [5.41, 5.74) is 0.371. The van der Waals surface area contributed by atoms with Crippen LogP contribution in [-0.2, 0) is 4.79 Å². The number of halogens is 1. The molecule has 4 nitrogen and oxygen atoms in total. The van der Waals surface area contributed by atoms with E-state index in [0.717, 1.165) is 25.2 Å². The number of fused-ring (bicyclic) bond motifs is 2. The number of unbranched alkanes of at least 4 members (excludes halogenated alkanes) is 1. The topological polar surface area (TPSA) is 66.8 Å². The van der Waals surface area contributed by atoms with Gasteiger partial charge < -0.3 is 14.9 Å². The van der Waals surface area contributed by atoms with Crippen molar-refractivity contribution < 1.29 is 24.1 Å². The fraction of sp³-hybridized carbons (Fsp3) is 0.577. The Labute approximate surface area is 184 Å². The second kappa shape index (κ2) is 10.4. The number of allylic oxidation sites excluding steroid dienone is 3. The maximum Gasteiger partial charge on any atom is 0.303 e. The number of ether oxygens (including phenoxy) is 1. The lowest BCUT2D eigenvalue weighted by atomic mass is 9.43. The van der Waals surface area contributed by atoms with E-state index in [9.17, 15) is 14.3 Å². The van der Waals surface area contributed by atoms with Crippen molar-refractivity contribution in [2.75, 3.05) is 6.61 Å². The highest BCUT2D eigenvalue weighted by Crippen LogP contribution is 2.64. The maximum atomic E-state index is 13.0. The van der Waals surface area contributed by atoms with Crippen molar-refractivity contribution in [3.63, 3.8) is 0 Å².